The van der Waals surface area contributed by atoms with E-state index in [2.05, 4.69) is 11.4 Å². The average Bonchev–Trinajstić information content (AvgIpc) is 2.21. The number of para-hydroxylation sites is 1. The van der Waals surface area contributed by atoms with Gasteiger partial charge in [0.2, 0.25) is 5.91 Å². The number of nitrogens with zero attached hydrogens (tertiary/aromatic N) is 1. The summed E-state index contributed by atoms with van der Waals surface area (Å²) in [6, 6.07) is 9.41. The molecular weight excluding hydrogens is 176 g/mol. The number of anilines is 1. The molecule has 3 nitrogen and oxygen atoms in total. The standard InChI is InChI=1S/C11H12N2O/c1-2-11(14)13-10-6-4-3-5-9(10)7-8-12/h3-6H,2,7H2,1H3,(H,13,14). The number of benzene rings is 1. The molecule has 72 valence electrons. The molecule has 3 heteroatoms. The molecule has 0 saturated heterocycles. The minimum Gasteiger partial charge on any atom is -0.326 e. The monoisotopic (exact) mass is 188 g/mol. The summed E-state index contributed by atoms with van der Waals surface area (Å²) in [5, 5.41) is 11.3. The molecule has 0 radical (unpaired) electrons. The van der Waals surface area contributed by atoms with E-state index in [1.54, 1.807) is 13.0 Å². The largest absolute Gasteiger partial charge is 0.326 e. The lowest BCUT2D eigenvalue weighted by molar-refractivity contribution is -0.115. The van der Waals surface area contributed by atoms with Crippen molar-refractivity contribution in [3.05, 3.63) is 29.8 Å². The van der Waals surface area contributed by atoms with Gasteiger partial charge in [0.15, 0.2) is 0 Å². The molecule has 0 atom stereocenters. The third-order valence-electron chi connectivity index (χ3n) is 1.88. The smallest absolute Gasteiger partial charge is 0.224 e. The lowest BCUT2D eigenvalue weighted by atomic mass is 10.1. The number of carbonyl (C=O) groups excluding carboxylic acids is 1. The first-order valence-corrected chi connectivity index (χ1v) is 4.52. The number of hydrogen-bond acceptors (Lipinski definition) is 2. The van der Waals surface area contributed by atoms with Crippen molar-refractivity contribution in [2.24, 2.45) is 0 Å². The Kier molecular flexibility index (Phi) is 3.69. The molecule has 0 bridgehead atoms. The Hall–Kier alpha value is -1.82. The highest BCUT2D eigenvalue weighted by Gasteiger charge is 2.03. The Balaban J connectivity index is 2.85. The van der Waals surface area contributed by atoms with Crippen LogP contribution in [0.1, 0.15) is 18.9 Å². The van der Waals surface area contributed by atoms with E-state index in [4.69, 9.17) is 5.26 Å². The van der Waals surface area contributed by atoms with Gasteiger partial charge in [-0.05, 0) is 11.6 Å². The molecule has 0 heterocycles. The first kappa shape index (κ1) is 10.3. The van der Waals surface area contributed by atoms with Crippen LogP contribution in [-0.4, -0.2) is 5.91 Å². The fourth-order valence-corrected chi connectivity index (χ4v) is 1.12. The first-order chi connectivity index (χ1) is 6.77. The molecule has 0 fully saturated rings. The van der Waals surface area contributed by atoms with Crippen LogP contribution in [0.2, 0.25) is 0 Å². The van der Waals surface area contributed by atoms with Gasteiger partial charge < -0.3 is 5.32 Å². The van der Waals surface area contributed by atoms with Gasteiger partial charge in [-0.25, -0.2) is 0 Å². The highest BCUT2D eigenvalue weighted by molar-refractivity contribution is 5.91. The Morgan fingerprint density at radius 3 is 2.86 bits per heavy atom. The maximum absolute atomic E-state index is 11.1. The van der Waals surface area contributed by atoms with Crippen molar-refractivity contribution in [3.63, 3.8) is 0 Å². The van der Waals surface area contributed by atoms with Gasteiger partial charge in [-0.15, -0.1) is 0 Å². The molecule has 0 aromatic heterocycles. The van der Waals surface area contributed by atoms with Crippen molar-refractivity contribution < 1.29 is 4.79 Å². The van der Waals surface area contributed by atoms with Crippen molar-refractivity contribution in [2.45, 2.75) is 19.8 Å². The van der Waals surface area contributed by atoms with E-state index in [0.29, 0.717) is 12.8 Å². The average molecular weight is 188 g/mol. The number of carbonyl (C=O) groups is 1. The molecule has 0 unspecified atom stereocenters. The second-order valence-electron chi connectivity index (χ2n) is 2.89. The Morgan fingerprint density at radius 1 is 1.50 bits per heavy atom. The van der Waals surface area contributed by atoms with Crippen molar-refractivity contribution in [1.29, 1.82) is 5.26 Å². The molecule has 1 aromatic carbocycles. The minimum atomic E-state index is -0.0320. The maximum Gasteiger partial charge on any atom is 0.224 e. The van der Waals surface area contributed by atoms with Gasteiger partial charge in [0, 0.05) is 12.1 Å². The molecule has 14 heavy (non-hydrogen) atoms. The Bertz CT molecular complexity index is 366. The predicted octanol–water partition coefficient (Wildman–Crippen LogP) is 2.10. The van der Waals surface area contributed by atoms with Crippen molar-refractivity contribution in [3.8, 4) is 6.07 Å². The van der Waals surface area contributed by atoms with E-state index < -0.39 is 0 Å². The maximum atomic E-state index is 11.1. The van der Waals surface area contributed by atoms with Gasteiger partial charge in [0.05, 0.1) is 12.5 Å². The van der Waals surface area contributed by atoms with Crippen LogP contribution in [0.25, 0.3) is 0 Å². The van der Waals surface area contributed by atoms with Crippen LogP contribution < -0.4 is 5.32 Å². The second kappa shape index (κ2) is 5.03. The highest BCUT2D eigenvalue weighted by Crippen LogP contribution is 2.15. The molecule has 0 spiro atoms. The summed E-state index contributed by atoms with van der Waals surface area (Å²) >= 11 is 0. The molecule has 1 N–H and O–H groups in total. The van der Waals surface area contributed by atoms with Crippen LogP contribution >= 0.6 is 0 Å². The van der Waals surface area contributed by atoms with E-state index in [0.717, 1.165) is 11.3 Å². The van der Waals surface area contributed by atoms with E-state index in [1.807, 2.05) is 18.2 Å². The summed E-state index contributed by atoms with van der Waals surface area (Å²) in [6.45, 7) is 1.79. The number of amides is 1. The first-order valence-electron chi connectivity index (χ1n) is 4.52. The molecule has 0 aliphatic rings. The Morgan fingerprint density at radius 2 is 2.21 bits per heavy atom. The van der Waals surface area contributed by atoms with Crippen LogP contribution in [0, 0.1) is 11.3 Å². The fraction of sp³-hybridized carbons (Fsp3) is 0.273. The lowest BCUT2D eigenvalue weighted by Crippen LogP contribution is -2.10. The summed E-state index contributed by atoms with van der Waals surface area (Å²) in [5.74, 6) is -0.0320. The van der Waals surface area contributed by atoms with Crippen molar-refractivity contribution in [2.75, 3.05) is 5.32 Å². The van der Waals surface area contributed by atoms with Crippen molar-refractivity contribution in [1.82, 2.24) is 0 Å². The van der Waals surface area contributed by atoms with Crippen LogP contribution in [0.5, 0.6) is 0 Å². The van der Waals surface area contributed by atoms with Crippen LogP contribution in [0.15, 0.2) is 24.3 Å². The number of hydrogen-bond donors (Lipinski definition) is 1. The number of rotatable bonds is 3. The predicted molar refractivity (Wildman–Crippen MR) is 54.7 cm³/mol. The third-order valence-corrected chi connectivity index (χ3v) is 1.88. The van der Waals surface area contributed by atoms with E-state index in [9.17, 15) is 4.79 Å². The van der Waals surface area contributed by atoms with Gasteiger partial charge in [-0.2, -0.15) is 5.26 Å². The zero-order valence-electron chi connectivity index (χ0n) is 8.08. The van der Waals surface area contributed by atoms with Crippen LogP contribution in [-0.2, 0) is 11.2 Å². The minimum absolute atomic E-state index is 0.0320. The topological polar surface area (TPSA) is 52.9 Å². The number of nitriles is 1. The summed E-state index contributed by atoms with van der Waals surface area (Å²) in [5.41, 5.74) is 1.60. The third kappa shape index (κ3) is 2.60. The molecule has 0 aliphatic carbocycles. The van der Waals surface area contributed by atoms with E-state index in [-0.39, 0.29) is 5.91 Å². The normalized spacial score (nSPS) is 9.14. The molecule has 0 aliphatic heterocycles. The second-order valence-corrected chi connectivity index (χ2v) is 2.89. The summed E-state index contributed by atoms with van der Waals surface area (Å²) in [4.78, 5) is 11.1. The SMILES string of the molecule is CCC(=O)Nc1ccccc1CC#N. The van der Waals surface area contributed by atoms with Crippen LogP contribution in [0.3, 0.4) is 0 Å². The van der Waals surface area contributed by atoms with Gasteiger partial charge in [-0.1, -0.05) is 25.1 Å². The molecule has 1 amide bonds. The zero-order valence-corrected chi connectivity index (χ0v) is 8.08. The summed E-state index contributed by atoms with van der Waals surface area (Å²) < 4.78 is 0. The van der Waals surface area contributed by atoms with E-state index in [1.165, 1.54) is 0 Å². The van der Waals surface area contributed by atoms with Gasteiger partial charge in [0.25, 0.3) is 0 Å². The quantitative estimate of drug-likeness (QED) is 0.789. The molecular formula is C11H12N2O. The van der Waals surface area contributed by atoms with Gasteiger partial charge >= 0.3 is 0 Å². The Labute approximate surface area is 83.4 Å². The van der Waals surface area contributed by atoms with Gasteiger partial charge in [0.1, 0.15) is 0 Å². The lowest BCUT2D eigenvalue weighted by Gasteiger charge is -2.07. The number of nitrogens with one attached hydrogen (secondary N) is 1. The molecule has 1 aromatic rings. The highest BCUT2D eigenvalue weighted by atomic mass is 16.1. The van der Waals surface area contributed by atoms with E-state index >= 15 is 0 Å². The fourth-order valence-electron chi connectivity index (χ4n) is 1.12. The van der Waals surface area contributed by atoms with Crippen molar-refractivity contribution >= 4 is 11.6 Å². The van der Waals surface area contributed by atoms with Crippen LogP contribution in [0.4, 0.5) is 5.69 Å². The summed E-state index contributed by atoms with van der Waals surface area (Å²) in [6.07, 6.45) is 0.765. The van der Waals surface area contributed by atoms with Gasteiger partial charge in [-0.3, -0.25) is 4.79 Å². The molecule has 1 rings (SSSR count). The molecule has 0 saturated carbocycles. The summed E-state index contributed by atoms with van der Waals surface area (Å²) in [7, 11) is 0. The zero-order chi connectivity index (χ0) is 10.4.